The number of hydrogen-bond acceptors (Lipinski definition) is 5. The lowest BCUT2D eigenvalue weighted by atomic mass is 10.2. The Balaban J connectivity index is 1.49. The third-order valence-corrected chi connectivity index (χ3v) is 4.49. The highest BCUT2D eigenvalue weighted by molar-refractivity contribution is 5.94. The molecule has 2 aromatic carbocycles. The van der Waals surface area contributed by atoms with Gasteiger partial charge in [-0.2, -0.15) is 0 Å². The molecule has 0 aromatic heterocycles. The molecule has 27 heavy (non-hydrogen) atoms. The second kappa shape index (κ2) is 9.28. The number of rotatable bonds is 8. The van der Waals surface area contributed by atoms with E-state index in [1.165, 1.54) is 0 Å². The van der Waals surface area contributed by atoms with E-state index in [9.17, 15) is 4.79 Å². The predicted octanol–water partition coefficient (Wildman–Crippen LogP) is 3.19. The molecular formula is C21H26N2O4. The molecule has 2 aromatic rings. The average Bonchev–Trinajstić information content (AvgIpc) is 2.72. The summed E-state index contributed by atoms with van der Waals surface area (Å²) in [5.74, 6) is 1.79. The number of likely N-dealkylation sites (N-methyl/N-ethyl adjacent to an activating group) is 1. The van der Waals surface area contributed by atoms with Crippen LogP contribution < -0.4 is 19.5 Å². The van der Waals surface area contributed by atoms with Crippen LogP contribution in [-0.4, -0.2) is 49.8 Å². The Labute approximate surface area is 160 Å². The van der Waals surface area contributed by atoms with Crippen LogP contribution in [0.1, 0.15) is 13.8 Å². The molecule has 0 saturated heterocycles. The highest BCUT2D eigenvalue weighted by atomic mass is 16.6. The van der Waals surface area contributed by atoms with Crippen LogP contribution >= 0.6 is 0 Å². The van der Waals surface area contributed by atoms with Gasteiger partial charge in [-0.05, 0) is 49.5 Å². The van der Waals surface area contributed by atoms with Gasteiger partial charge in [0.1, 0.15) is 19.0 Å². The third kappa shape index (κ3) is 5.14. The molecule has 0 aliphatic carbocycles. The van der Waals surface area contributed by atoms with Gasteiger partial charge in [0.2, 0.25) is 6.10 Å². The first-order chi connectivity index (χ1) is 13.2. The topological polar surface area (TPSA) is 60.0 Å². The molecule has 0 bridgehead atoms. The van der Waals surface area contributed by atoms with Crippen LogP contribution in [0.5, 0.6) is 17.2 Å². The number of carbonyl (C=O) groups is 1. The Bertz CT molecular complexity index is 744. The molecule has 144 valence electrons. The SMILES string of the molecule is CCN(CC)CCOc1ccc(NC(=O)C2COc3ccccc3O2)cc1. The number of amides is 1. The molecular weight excluding hydrogens is 344 g/mol. The van der Waals surface area contributed by atoms with Crippen molar-refractivity contribution in [1.29, 1.82) is 0 Å². The molecule has 6 nitrogen and oxygen atoms in total. The summed E-state index contributed by atoms with van der Waals surface area (Å²) in [5, 5.41) is 2.85. The fourth-order valence-corrected chi connectivity index (χ4v) is 2.84. The summed E-state index contributed by atoms with van der Waals surface area (Å²) in [5.41, 5.74) is 0.693. The van der Waals surface area contributed by atoms with Crippen molar-refractivity contribution >= 4 is 11.6 Å². The maximum Gasteiger partial charge on any atom is 0.269 e. The van der Waals surface area contributed by atoms with E-state index in [0.29, 0.717) is 23.8 Å². The molecule has 0 saturated carbocycles. The van der Waals surface area contributed by atoms with Gasteiger partial charge in [-0.3, -0.25) is 4.79 Å². The van der Waals surface area contributed by atoms with E-state index in [4.69, 9.17) is 14.2 Å². The van der Waals surface area contributed by atoms with Crippen molar-refractivity contribution < 1.29 is 19.0 Å². The molecule has 3 rings (SSSR count). The molecule has 0 spiro atoms. The largest absolute Gasteiger partial charge is 0.492 e. The van der Waals surface area contributed by atoms with E-state index in [-0.39, 0.29) is 12.5 Å². The van der Waals surface area contributed by atoms with Gasteiger partial charge >= 0.3 is 0 Å². The van der Waals surface area contributed by atoms with Gasteiger partial charge in [0.15, 0.2) is 11.5 Å². The Hall–Kier alpha value is -2.73. The third-order valence-electron chi connectivity index (χ3n) is 4.49. The van der Waals surface area contributed by atoms with Crippen LogP contribution in [0.15, 0.2) is 48.5 Å². The molecule has 1 N–H and O–H groups in total. The minimum atomic E-state index is -0.676. The normalized spacial score (nSPS) is 15.4. The van der Waals surface area contributed by atoms with Gasteiger partial charge in [0.05, 0.1) is 0 Å². The highest BCUT2D eigenvalue weighted by Crippen LogP contribution is 2.31. The number of fused-ring (bicyclic) bond motifs is 1. The first kappa shape index (κ1) is 19.0. The van der Waals surface area contributed by atoms with Gasteiger partial charge < -0.3 is 24.4 Å². The molecule has 1 amide bonds. The summed E-state index contributed by atoms with van der Waals surface area (Å²) in [6.45, 7) is 8.03. The molecule has 0 fully saturated rings. The number of hydrogen-bond donors (Lipinski definition) is 1. The lowest BCUT2D eigenvalue weighted by molar-refractivity contribution is -0.125. The second-order valence-electron chi connectivity index (χ2n) is 6.25. The molecule has 1 atom stereocenters. The zero-order valence-corrected chi connectivity index (χ0v) is 15.8. The summed E-state index contributed by atoms with van der Waals surface area (Å²) in [7, 11) is 0. The van der Waals surface area contributed by atoms with E-state index in [2.05, 4.69) is 24.1 Å². The van der Waals surface area contributed by atoms with Crippen molar-refractivity contribution in [2.75, 3.05) is 38.2 Å². The Morgan fingerprint density at radius 3 is 2.52 bits per heavy atom. The van der Waals surface area contributed by atoms with Gasteiger partial charge in [-0.25, -0.2) is 0 Å². The summed E-state index contributed by atoms with van der Waals surface area (Å²) in [6, 6.07) is 14.7. The zero-order valence-electron chi connectivity index (χ0n) is 15.8. The number of nitrogens with one attached hydrogen (secondary N) is 1. The van der Waals surface area contributed by atoms with E-state index in [1.807, 2.05) is 42.5 Å². The number of anilines is 1. The number of nitrogens with zero attached hydrogens (tertiary/aromatic N) is 1. The van der Waals surface area contributed by atoms with E-state index in [1.54, 1.807) is 6.07 Å². The Morgan fingerprint density at radius 2 is 1.81 bits per heavy atom. The summed E-state index contributed by atoms with van der Waals surface area (Å²) < 4.78 is 17.1. The maximum atomic E-state index is 12.4. The number of carbonyl (C=O) groups excluding carboxylic acids is 1. The first-order valence-electron chi connectivity index (χ1n) is 9.34. The number of ether oxygens (including phenoxy) is 3. The molecule has 6 heteroatoms. The quantitative estimate of drug-likeness (QED) is 0.773. The van der Waals surface area contributed by atoms with Crippen molar-refractivity contribution in [2.24, 2.45) is 0 Å². The summed E-state index contributed by atoms with van der Waals surface area (Å²) in [4.78, 5) is 14.7. The average molecular weight is 370 g/mol. The van der Waals surface area contributed by atoms with Crippen LogP contribution in [-0.2, 0) is 4.79 Å². The van der Waals surface area contributed by atoms with Gasteiger partial charge in [0.25, 0.3) is 5.91 Å². The highest BCUT2D eigenvalue weighted by Gasteiger charge is 2.27. The fraction of sp³-hybridized carbons (Fsp3) is 0.381. The van der Waals surface area contributed by atoms with Gasteiger partial charge in [-0.1, -0.05) is 26.0 Å². The van der Waals surface area contributed by atoms with E-state index >= 15 is 0 Å². The van der Waals surface area contributed by atoms with Crippen LogP contribution in [0, 0.1) is 0 Å². The Morgan fingerprint density at radius 1 is 1.11 bits per heavy atom. The van der Waals surface area contributed by atoms with Crippen molar-refractivity contribution in [3.63, 3.8) is 0 Å². The number of para-hydroxylation sites is 2. The van der Waals surface area contributed by atoms with Crippen LogP contribution in [0.25, 0.3) is 0 Å². The molecule has 0 radical (unpaired) electrons. The summed E-state index contributed by atoms with van der Waals surface area (Å²) in [6.07, 6.45) is -0.676. The molecule has 1 aliphatic rings. The monoisotopic (exact) mass is 370 g/mol. The predicted molar refractivity (Wildman–Crippen MR) is 105 cm³/mol. The minimum absolute atomic E-state index is 0.190. The smallest absolute Gasteiger partial charge is 0.269 e. The molecule has 1 aliphatic heterocycles. The minimum Gasteiger partial charge on any atom is -0.492 e. The van der Waals surface area contributed by atoms with Gasteiger partial charge in [-0.15, -0.1) is 0 Å². The molecule has 1 unspecified atom stereocenters. The number of benzene rings is 2. The van der Waals surface area contributed by atoms with Crippen molar-refractivity contribution in [3.05, 3.63) is 48.5 Å². The standard InChI is InChI=1S/C21H26N2O4/c1-3-23(4-2)13-14-25-17-11-9-16(10-12-17)22-21(24)20-15-26-18-7-5-6-8-19(18)27-20/h5-12,20H,3-4,13-15H2,1-2H3,(H,22,24). The molecule has 1 heterocycles. The van der Waals surface area contributed by atoms with E-state index < -0.39 is 6.10 Å². The lowest BCUT2D eigenvalue weighted by Crippen LogP contribution is -2.40. The van der Waals surface area contributed by atoms with E-state index in [0.717, 1.165) is 25.4 Å². The van der Waals surface area contributed by atoms with Crippen LogP contribution in [0.4, 0.5) is 5.69 Å². The zero-order chi connectivity index (χ0) is 19.1. The lowest BCUT2D eigenvalue weighted by Gasteiger charge is -2.25. The van der Waals surface area contributed by atoms with Crippen molar-refractivity contribution in [1.82, 2.24) is 4.90 Å². The van der Waals surface area contributed by atoms with Gasteiger partial charge in [0, 0.05) is 12.2 Å². The first-order valence-corrected chi connectivity index (χ1v) is 9.34. The Kier molecular flexibility index (Phi) is 6.54. The van der Waals surface area contributed by atoms with Crippen LogP contribution in [0.3, 0.4) is 0 Å². The second-order valence-corrected chi connectivity index (χ2v) is 6.25. The fourth-order valence-electron chi connectivity index (χ4n) is 2.84. The van der Waals surface area contributed by atoms with Crippen LogP contribution in [0.2, 0.25) is 0 Å². The summed E-state index contributed by atoms with van der Waals surface area (Å²) >= 11 is 0. The maximum absolute atomic E-state index is 12.4. The van der Waals surface area contributed by atoms with Crippen molar-refractivity contribution in [2.45, 2.75) is 20.0 Å². The van der Waals surface area contributed by atoms with Crippen molar-refractivity contribution in [3.8, 4) is 17.2 Å².